The Hall–Kier alpha value is -1.48. The number of rotatable bonds is 6. The molecule has 0 spiro atoms. The fourth-order valence-corrected chi connectivity index (χ4v) is 2.16. The standard InChI is InChI=1S/C9H14F2N4O2S/c1-2-14-18(16,17)4-3-13-9-7(11)5-6(10)8(12)15-9/h5,14H,2-4H2,1H3,(H3,12,13,15). The number of pyridine rings is 1. The van der Waals surface area contributed by atoms with Gasteiger partial charge in [0.05, 0.1) is 5.75 Å². The molecule has 1 aromatic heterocycles. The van der Waals surface area contributed by atoms with Crippen molar-refractivity contribution in [3.05, 3.63) is 17.7 Å². The minimum Gasteiger partial charge on any atom is -0.381 e. The highest BCUT2D eigenvalue weighted by Gasteiger charge is 2.11. The summed E-state index contributed by atoms with van der Waals surface area (Å²) in [6.45, 7) is 1.86. The molecule has 0 unspecified atom stereocenters. The predicted octanol–water partition coefficient (Wildman–Crippen LogP) is 0.293. The molecule has 18 heavy (non-hydrogen) atoms. The third-order valence-corrected chi connectivity index (χ3v) is 3.45. The number of nitrogen functional groups attached to an aromatic ring is 1. The van der Waals surface area contributed by atoms with E-state index in [0.717, 1.165) is 0 Å². The molecule has 0 bridgehead atoms. The third-order valence-electron chi connectivity index (χ3n) is 1.98. The zero-order chi connectivity index (χ0) is 13.8. The van der Waals surface area contributed by atoms with E-state index >= 15 is 0 Å². The molecule has 1 aromatic rings. The average Bonchev–Trinajstić information content (AvgIpc) is 2.25. The number of nitrogens with zero attached hydrogens (tertiary/aromatic N) is 1. The van der Waals surface area contributed by atoms with Crippen LogP contribution in [0.5, 0.6) is 0 Å². The van der Waals surface area contributed by atoms with Crippen molar-refractivity contribution in [2.75, 3.05) is 29.9 Å². The quantitative estimate of drug-likeness (QED) is 0.696. The van der Waals surface area contributed by atoms with E-state index in [2.05, 4.69) is 15.0 Å². The van der Waals surface area contributed by atoms with Crippen LogP contribution in [0.15, 0.2) is 6.07 Å². The molecule has 0 atom stereocenters. The van der Waals surface area contributed by atoms with Gasteiger partial charge in [-0.3, -0.25) is 0 Å². The molecule has 6 nitrogen and oxygen atoms in total. The number of nitrogens with two attached hydrogens (primary N) is 1. The first-order valence-corrected chi connectivity index (χ1v) is 6.83. The summed E-state index contributed by atoms with van der Waals surface area (Å²) in [7, 11) is -3.40. The number of nitrogens with one attached hydrogen (secondary N) is 2. The fourth-order valence-electron chi connectivity index (χ4n) is 1.20. The van der Waals surface area contributed by atoms with Crippen LogP contribution < -0.4 is 15.8 Å². The molecule has 4 N–H and O–H groups in total. The number of hydrogen-bond acceptors (Lipinski definition) is 5. The first-order valence-electron chi connectivity index (χ1n) is 5.18. The van der Waals surface area contributed by atoms with Gasteiger partial charge >= 0.3 is 0 Å². The van der Waals surface area contributed by atoms with Crippen LogP contribution in [0.2, 0.25) is 0 Å². The summed E-state index contributed by atoms with van der Waals surface area (Å²) in [4.78, 5) is 3.44. The predicted molar refractivity (Wildman–Crippen MR) is 64.5 cm³/mol. The summed E-state index contributed by atoms with van der Waals surface area (Å²) < 4.78 is 50.9. The Morgan fingerprint density at radius 2 is 2.06 bits per heavy atom. The molecule has 0 aromatic carbocycles. The van der Waals surface area contributed by atoms with Crippen LogP contribution in [0.4, 0.5) is 20.4 Å². The summed E-state index contributed by atoms with van der Waals surface area (Å²) in [6, 6.07) is 0.587. The highest BCUT2D eigenvalue weighted by atomic mass is 32.2. The molecule has 0 radical (unpaired) electrons. The van der Waals surface area contributed by atoms with Crippen molar-refractivity contribution in [3.63, 3.8) is 0 Å². The van der Waals surface area contributed by atoms with Crippen LogP contribution in [0.25, 0.3) is 0 Å². The Bertz CT molecular complexity index is 522. The SMILES string of the molecule is CCNS(=O)(=O)CCNc1nc(N)c(F)cc1F. The van der Waals surface area contributed by atoms with Gasteiger partial charge in [-0.25, -0.2) is 26.9 Å². The van der Waals surface area contributed by atoms with Crippen molar-refractivity contribution in [1.29, 1.82) is 0 Å². The summed E-state index contributed by atoms with van der Waals surface area (Å²) >= 11 is 0. The van der Waals surface area contributed by atoms with Gasteiger partial charge in [0.25, 0.3) is 0 Å². The van der Waals surface area contributed by atoms with Crippen LogP contribution in [-0.2, 0) is 10.0 Å². The van der Waals surface area contributed by atoms with E-state index in [1.807, 2.05) is 0 Å². The lowest BCUT2D eigenvalue weighted by molar-refractivity contribution is 0.577. The normalized spacial score (nSPS) is 11.5. The number of halogens is 2. The number of hydrogen-bond donors (Lipinski definition) is 3. The molecule has 0 aliphatic rings. The van der Waals surface area contributed by atoms with Gasteiger partial charge in [-0.05, 0) is 0 Å². The van der Waals surface area contributed by atoms with Crippen LogP contribution in [0, 0.1) is 11.6 Å². The van der Waals surface area contributed by atoms with E-state index in [1.54, 1.807) is 6.92 Å². The number of aromatic nitrogens is 1. The maximum absolute atomic E-state index is 13.2. The molecule has 1 heterocycles. The highest BCUT2D eigenvalue weighted by molar-refractivity contribution is 7.89. The largest absolute Gasteiger partial charge is 0.381 e. The maximum atomic E-state index is 13.2. The summed E-state index contributed by atoms with van der Waals surface area (Å²) in [5, 5.41) is 2.44. The third kappa shape index (κ3) is 4.08. The first-order chi connectivity index (χ1) is 8.35. The second-order valence-electron chi connectivity index (χ2n) is 3.43. The zero-order valence-electron chi connectivity index (χ0n) is 9.70. The van der Waals surface area contributed by atoms with E-state index in [0.29, 0.717) is 6.07 Å². The summed E-state index contributed by atoms with van der Waals surface area (Å²) in [6.07, 6.45) is 0. The van der Waals surface area contributed by atoms with Gasteiger partial charge in [0, 0.05) is 19.2 Å². The van der Waals surface area contributed by atoms with Crippen molar-refractivity contribution in [2.45, 2.75) is 6.92 Å². The van der Waals surface area contributed by atoms with E-state index in [-0.39, 0.29) is 24.7 Å². The summed E-state index contributed by atoms with van der Waals surface area (Å²) in [5.74, 6) is -2.87. The van der Waals surface area contributed by atoms with Crippen molar-refractivity contribution in [1.82, 2.24) is 9.71 Å². The van der Waals surface area contributed by atoms with Crippen LogP contribution >= 0.6 is 0 Å². The maximum Gasteiger partial charge on any atom is 0.213 e. The van der Waals surface area contributed by atoms with Crippen molar-refractivity contribution < 1.29 is 17.2 Å². The lowest BCUT2D eigenvalue weighted by Crippen LogP contribution is -2.29. The number of sulfonamides is 1. The van der Waals surface area contributed by atoms with Crippen LogP contribution in [0.1, 0.15) is 6.92 Å². The van der Waals surface area contributed by atoms with Gasteiger partial charge in [0.15, 0.2) is 23.3 Å². The van der Waals surface area contributed by atoms with Gasteiger partial charge in [-0.2, -0.15) is 0 Å². The fraction of sp³-hybridized carbons (Fsp3) is 0.444. The monoisotopic (exact) mass is 280 g/mol. The molecular formula is C9H14F2N4O2S. The summed E-state index contributed by atoms with van der Waals surface area (Å²) in [5.41, 5.74) is 5.17. The van der Waals surface area contributed by atoms with Crippen LogP contribution in [0.3, 0.4) is 0 Å². The van der Waals surface area contributed by atoms with Gasteiger partial charge < -0.3 is 11.1 Å². The lowest BCUT2D eigenvalue weighted by Gasteiger charge is -2.08. The van der Waals surface area contributed by atoms with Gasteiger partial charge in [-0.15, -0.1) is 0 Å². The lowest BCUT2D eigenvalue weighted by atomic mass is 10.4. The molecule has 0 aliphatic heterocycles. The second kappa shape index (κ2) is 5.91. The molecule has 102 valence electrons. The van der Waals surface area contributed by atoms with E-state index in [4.69, 9.17) is 5.73 Å². The van der Waals surface area contributed by atoms with Gasteiger partial charge in [0.1, 0.15) is 0 Å². The van der Waals surface area contributed by atoms with Crippen molar-refractivity contribution in [2.24, 2.45) is 0 Å². The second-order valence-corrected chi connectivity index (χ2v) is 5.36. The topological polar surface area (TPSA) is 97.1 Å². The van der Waals surface area contributed by atoms with E-state index in [9.17, 15) is 17.2 Å². The molecule has 9 heteroatoms. The van der Waals surface area contributed by atoms with E-state index in [1.165, 1.54) is 0 Å². The van der Waals surface area contributed by atoms with Crippen molar-refractivity contribution >= 4 is 21.7 Å². The highest BCUT2D eigenvalue weighted by Crippen LogP contribution is 2.16. The zero-order valence-corrected chi connectivity index (χ0v) is 10.5. The van der Waals surface area contributed by atoms with Gasteiger partial charge in [0.2, 0.25) is 10.0 Å². The minimum atomic E-state index is -3.40. The minimum absolute atomic E-state index is 0.0652. The molecule has 0 saturated heterocycles. The Morgan fingerprint density at radius 3 is 2.67 bits per heavy atom. The molecule has 0 aliphatic carbocycles. The van der Waals surface area contributed by atoms with Crippen LogP contribution in [-0.4, -0.2) is 32.2 Å². The Labute approximate surface area is 104 Å². The Morgan fingerprint density at radius 1 is 1.39 bits per heavy atom. The Balaban J connectivity index is 2.62. The Kier molecular flexibility index (Phi) is 4.79. The average molecular weight is 280 g/mol. The number of anilines is 2. The molecular weight excluding hydrogens is 266 g/mol. The van der Waals surface area contributed by atoms with E-state index < -0.39 is 27.5 Å². The molecule has 1 rings (SSSR count). The smallest absolute Gasteiger partial charge is 0.213 e. The van der Waals surface area contributed by atoms with Crippen molar-refractivity contribution in [3.8, 4) is 0 Å². The molecule has 0 amide bonds. The first kappa shape index (κ1) is 14.6. The van der Waals surface area contributed by atoms with Gasteiger partial charge in [-0.1, -0.05) is 6.92 Å². The molecule has 0 fully saturated rings. The molecule has 0 saturated carbocycles.